The summed E-state index contributed by atoms with van der Waals surface area (Å²) in [6.45, 7) is 1.29. The topological polar surface area (TPSA) is 136 Å². The van der Waals surface area contributed by atoms with Crippen molar-refractivity contribution in [3.63, 3.8) is 0 Å². The summed E-state index contributed by atoms with van der Waals surface area (Å²) in [6.07, 6.45) is 1.08. The lowest BCUT2D eigenvalue weighted by Gasteiger charge is -2.22. The molecular weight excluding hydrogens is 448 g/mol. The second-order valence-electron chi connectivity index (χ2n) is 8.64. The van der Waals surface area contributed by atoms with Crippen LogP contribution >= 0.6 is 0 Å². The molecule has 1 aromatic heterocycles. The molecule has 3 atom stereocenters. The van der Waals surface area contributed by atoms with E-state index in [-0.39, 0.29) is 35.6 Å². The molecule has 4 N–H and O–H groups in total. The number of carbonyl (C=O) groups is 3. The monoisotopic (exact) mass is 475 g/mol. The minimum absolute atomic E-state index is 0.0472. The minimum atomic E-state index is -3.01. The number of alkyl halides is 2. The van der Waals surface area contributed by atoms with Crippen molar-refractivity contribution in [1.82, 2.24) is 20.9 Å². The van der Waals surface area contributed by atoms with Crippen LogP contribution in [-0.4, -0.2) is 47.9 Å². The molecule has 0 aliphatic carbocycles. The van der Waals surface area contributed by atoms with E-state index in [1.165, 1.54) is 18.2 Å². The maximum atomic E-state index is 12.9. The smallest absolute Gasteiger partial charge is 0.387 e. The number of rotatable bonds is 10. The zero-order valence-electron chi connectivity index (χ0n) is 18.9. The molecule has 182 valence electrons. The van der Waals surface area contributed by atoms with E-state index in [1.807, 2.05) is 19.9 Å². The Morgan fingerprint density at radius 2 is 2.06 bits per heavy atom. The van der Waals surface area contributed by atoms with Crippen LogP contribution in [0.15, 0.2) is 24.3 Å². The van der Waals surface area contributed by atoms with Crippen LogP contribution < -0.4 is 20.7 Å². The van der Waals surface area contributed by atoms with Gasteiger partial charge in [0.25, 0.3) is 5.91 Å². The van der Waals surface area contributed by atoms with Gasteiger partial charge in [-0.15, -0.1) is 0 Å². The fourth-order valence-electron chi connectivity index (χ4n) is 3.96. The molecule has 9 nitrogen and oxygen atoms in total. The zero-order valence-corrected chi connectivity index (χ0v) is 18.9. The third kappa shape index (κ3) is 6.21. The molecule has 3 amide bonds. The number of ether oxygens (including phenoxy) is 1. The summed E-state index contributed by atoms with van der Waals surface area (Å²) in [6, 6.07) is 6.06. The highest BCUT2D eigenvalue weighted by Gasteiger charge is 2.30. The Morgan fingerprint density at radius 3 is 2.68 bits per heavy atom. The molecule has 2 aromatic rings. The molecule has 1 aliphatic rings. The molecule has 0 bridgehead atoms. The summed E-state index contributed by atoms with van der Waals surface area (Å²) in [5.74, 6) is -1.67. The Balaban J connectivity index is 1.72. The number of nitrogens with zero attached hydrogens (tertiary/aromatic N) is 1. The fraction of sp³-hybridized carbons (Fsp3) is 0.478. The standard InChI is InChI=1S/C23H27F2N5O4/c1-12(2)8-17(21(32)28-14(11-26)9-13-6-7-27-20(13)31)30-22(33)18-10-15-16(29-18)4-3-5-19(15)34-23(24)25/h3-5,10,12-14,17,23,29H,6-9H2,1-2H3,(H,27,31)(H,28,32)(H,30,33)/t13-,14?,17-/m0/s1. The van der Waals surface area contributed by atoms with Gasteiger partial charge in [0.2, 0.25) is 11.8 Å². The van der Waals surface area contributed by atoms with Gasteiger partial charge in [-0.1, -0.05) is 19.9 Å². The fourth-order valence-corrected chi connectivity index (χ4v) is 3.96. The number of carbonyl (C=O) groups excluding carboxylic acids is 3. The van der Waals surface area contributed by atoms with Gasteiger partial charge in [-0.2, -0.15) is 14.0 Å². The Bertz CT molecular complexity index is 1090. The number of aromatic nitrogens is 1. The Hall–Kier alpha value is -3.68. The predicted octanol–water partition coefficient (Wildman–Crippen LogP) is 2.45. The first-order valence-electron chi connectivity index (χ1n) is 11.0. The molecular formula is C23H27F2N5O4. The van der Waals surface area contributed by atoms with Crippen molar-refractivity contribution in [2.24, 2.45) is 11.8 Å². The predicted molar refractivity (Wildman–Crippen MR) is 119 cm³/mol. The van der Waals surface area contributed by atoms with Crippen molar-refractivity contribution in [3.05, 3.63) is 30.0 Å². The van der Waals surface area contributed by atoms with Crippen LogP contribution in [-0.2, 0) is 9.59 Å². The van der Waals surface area contributed by atoms with Gasteiger partial charge in [0.1, 0.15) is 23.5 Å². The Labute approximate surface area is 195 Å². The normalized spacial score (nSPS) is 17.3. The SMILES string of the molecule is CC(C)C[C@H](NC(=O)c1cc2c(OC(F)F)cccc2[nH]1)C(=O)NC(C#N)C[C@@H]1CCNC1=O. The first-order chi connectivity index (χ1) is 16.2. The highest BCUT2D eigenvalue weighted by Crippen LogP contribution is 2.27. The van der Waals surface area contributed by atoms with Crippen LogP contribution in [0.5, 0.6) is 5.75 Å². The summed E-state index contributed by atoms with van der Waals surface area (Å²) in [5.41, 5.74) is 0.494. The van der Waals surface area contributed by atoms with E-state index in [1.54, 1.807) is 6.07 Å². The highest BCUT2D eigenvalue weighted by atomic mass is 19.3. The molecule has 0 saturated carbocycles. The lowest BCUT2D eigenvalue weighted by Crippen LogP contribution is -2.50. The first kappa shape index (κ1) is 25.0. The average Bonchev–Trinajstić information content (AvgIpc) is 3.39. The molecule has 2 heterocycles. The van der Waals surface area contributed by atoms with Crippen LogP contribution in [0.25, 0.3) is 10.9 Å². The van der Waals surface area contributed by atoms with E-state index in [0.29, 0.717) is 30.3 Å². The highest BCUT2D eigenvalue weighted by molar-refractivity contribution is 6.01. The first-order valence-corrected chi connectivity index (χ1v) is 11.0. The van der Waals surface area contributed by atoms with Gasteiger partial charge in [-0.05, 0) is 43.4 Å². The second kappa shape index (κ2) is 11.0. The molecule has 3 rings (SSSR count). The van der Waals surface area contributed by atoms with Crippen molar-refractivity contribution in [2.75, 3.05) is 6.54 Å². The molecule has 1 unspecified atom stereocenters. The number of fused-ring (bicyclic) bond motifs is 1. The minimum Gasteiger partial charge on any atom is -0.434 e. The summed E-state index contributed by atoms with van der Waals surface area (Å²) < 4.78 is 29.9. The van der Waals surface area contributed by atoms with Crippen LogP contribution in [0.1, 0.15) is 43.6 Å². The van der Waals surface area contributed by atoms with Gasteiger partial charge in [-0.25, -0.2) is 0 Å². The van der Waals surface area contributed by atoms with E-state index < -0.39 is 30.5 Å². The largest absolute Gasteiger partial charge is 0.434 e. The van der Waals surface area contributed by atoms with Gasteiger partial charge in [0.15, 0.2) is 0 Å². The molecule has 1 saturated heterocycles. The van der Waals surface area contributed by atoms with Gasteiger partial charge in [0.05, 0.1) is 6.07 Å². The summed E-state index contributed by atoms with van der Waals surface area (Å²) in [5, 5.41) is 17.7. The van der Waals surface area contributed by atoms with Crippen molar-refractivity contribution >= 4 is 28.6 Å². The van der Waals surface area contributed by atoms with Crippen LogP contribution in [0, 0.1) is 23.2 Å². The number of nitrogens with one attached hydrogen (secondary N) is 4. The van der Waals surface area contributed by atoms with Gasteiger partial charge in [-0.3, -0.25) is 14.4 Å². The van der Waals surface area contributed by atoms with Crippen LogP contribution in [0.2, 0.25) is 0 Å². The van der Waals surface area contributed by atoms with E-state index in [9.17, 15) is 28.4 Å². The van der Waals surface area contributed by atoms with Gasteiger partial charge >= 0.3 is 6.61 Å². The number of aromatic amines is 1. The number of nitriles is 1. The van der Waals surface area contributed by atoms with Gasteiger partial charge in [0, 0.05) is 23.4 Å². The quantitative estimate of drug-likeness (QED) is 0.419. The maximum Gasteiger partial charge on any atom is 0.387 e. The van der Waals surface area contributed by atoms with Crippen LogP contribution in [0.3, 0.4) is 0 Å². The third-order valence-corrected chi connectivity index (χ3v) is 5.57. The summed E-state index contributed by atoms with van der Waals surface area (Å²) >= 11 is 0. The molecule has 1 fully saturated rings. The van der Waals surface area contributed by atoms with E-state index in [0.717, 1.165) is 0 Å². The van der Waals surface area contributed by atoms with Crippen molar-refractivity contribution < 1.29 is 27.9 Å². The molecule has 1 aromatic carbocycles. The zero-order chi connectivity index (χ0) is 24.8. The molecule has 0 radical (unpaired) electrons. The lowest BCUT2D eigenvalue weighted by molar-refractivity contribution is -0.125. The third-order valence-electron chi connectivity index (χ3n) is 5.57. The molecule has 34 heavy (non-hydrogen) atoms. The van der Waals surface area contributed by atoms with Crippen molar-refractivity contribution in [2.45, 2.75) is 51.8 Å². The van der Waals surface area contributed by atoms with E-state index >= 15 is 0 Å². The average molecular weight is 475 g/mol. The number of benzene rings is 1. The molecule has 11 heteroatoms. The number of amides is 3. The van der Waals surface area contributed by atoms with E-state index in [2.05, 4.69) is 25.7 Å². The summed E-state index contributed by atoms with van der Waals surface area (Å²) in [7, 11) is 0. The van der Waals surface area contributed by atoms with E-state index in [4.69, 9.17) is 0 Å². The molecule has 0 spiro atoms. The second-order valence-corrected chi connectivity index (χ2v) is 8.64. The lowest BCUT2D eigenvalue weighted by atomic mass is 9.98. The van der Waals surface area contributed by atoms with Crippen molar-refractivity contribution in [1.29, 1.82) is 5.26 Å². The number of H-pyrrole nitrogens is 1. The Morgan fingerprint density at radius 1 is 1.29 bits per heavy atom. The number of halogens is 2. The maximum absolute atomic E-state index is 12.9. The van der Waals surface area contributed by atoms with Gasteiger partial charge < -0.3 is 25.7 Å². The van der Waals surface area contributed by atoms with Crippen LogP contribution in [0.4, 0.5) is 8.78 Å². The molecule has 1 aliphatic heterocycles. The number of hydrogen-bond donors (Lipinski definition) is 4. The Kier molecular flexibility index (Phi) is 8.04. The van der Waals surface area contributed by atoms with Crippen molar-refractivity contribution in [3.8, 4) is 11.8 Å². The summed E-state index contributed by atoms with van der Waals surface area (Å²) in [4.78, 5) is 40.5. The number of hydrogen-bond acceptors (Lipinski definition) is 5.